The van der Waals surface area contributed by atoms with Gasteiger partial charge < -0.3 is 30.3 Å². The topological polar surface area (TPSA) is 145 Å². The number of ketones is 1. The number of carbonyl (C=O) groups is 2. The molecule has 1 aromatic rings. The van der Waals surface area contributed by atoms with E-state index in [4.69, 9.17) is 0 Å². The van der Waals surface area contributed by atoms with Crippen molar-refractivity contribution in [2.24, 2.45) is 5.92 Å². The Morgan fingerprint density at radius 1 is 1.36 bits per heavy atom. The van der Waals surface area contributed by atoms with Crippen LogP contribution in [0.1, 0.15) is 18.4 Å². The summed E-state index contributed by atoms with van der Waals surface area (Å²) in [7, 11) is 1.13. The molecule has 0 aromatic heterocycles. The first-order valence-corrected chi connectivity index (χ1v) is 7.58. The molecule has 1 aliphatic rings. The second-order valence-corrected chi connectivity index (χ2v) is 6.03. The highest BCUT2D eigenvalue weighted by Gasteiger charge is 2.58. The van der Waals surface area contributed by atoms with Crippen molar-refractivity contribution in [3.05, 3.63) is 29.8 Å². The van der Waals surface area contributed by atoms with E-state index >= 15 is 0 Å². The van der Waals surface area contributed by atoms with Crippen molar-refractivity contribution in [1.29, 1.82) is 0 Å². The molecule has 8 heteroatoms. The number of phenolic OH excluding ortho intramolecular Hbond substituents is 2. The van der Waals surface area contributed by atoms with E-state index in [1.165, 1.54) is 30.4 Å². The van der Waals surface area contributed by atoms with Crippen LogP contribution in [0.2, 0.25) is 0 Å². The summed E-state index contributed by atoms with van der Waals surface area (Å²) in [5.41, 5.74) is -1.49. The Morgan fingerprint density at radius 2 is 2.04 bits per heavy atom. The highest BCUT2D eigenvalue weighted by molar-refractivity contribution is 5.96. The zero-order valence-corrected chi connectivity index (χ0v) is 13.5. The van der Waals surface area contributed by atoms with Crippen molar-refractivity contribution in [1.82, 2.24) is 0 Å². The molecule has 4 unspecified atom stereocenters. The van der Waals surface area contributed by atoms with E-state index in [0.717, 1.165) is 7.11 Å². The fourth-order valence-corrected chi connectivity index (χ4v) is 2.73. The van der Waals surface area contributed by atoms with E-state index in [-0.39, 0.29) is 17.9 Å². The zero-order chi connectivity index (χ0) is 18.8. The Balaban J connectivity index is 1.99. The molecule has 136 valence electrons. The molecule has 1 fully saturated rings. The standard InChI is InChI=1S/C17H20O8/c1-25-15(22)7-14(21)17(24)8-10(16(17)23)11(18)4-2-9-3-5-12(19)13(20)6-9/h2-6,10,14,16,19-21,23-24H,7-8H2,1H3/b4-2+. The van der Waals surface area contributed by atoms with Gasteiger partial charge in [0.1, 0.15) is 5.60 Å². The first kappa shape index (κ1) is 18.9. The van der Waals surface area contributed by atoms with Crippen molar-refractivity contribution < 1.29 is 39.9 Å². The third kappa shape index (κ3) is 3.81. The number of hydrogen-bond acceptors (Lipinski definition) is 8. The molecule has 5 N–H and O–H groups in total. The lowest BCUT2D eigenvalue weighted by atomic mass is 9.63. The molecule has 0 spiro atoms. The number of allylic oxidation sites excluding steroid dienone is 1. The SMILES string of the molecule is COC(=O)CC(O)C1(O)CC(C(=O)/C=C/c2ccc(O)c(O)c2)C1O. The maximum Gasteiger partial charge on any atom is 0.308 e. The minimum Gasteiger partial charge on any atom is -0.504 e. The highest BCUT2D eigenvalue weighted by Crippen LogP contribution is 2.42. The van der Waals surface area contributed by atoms with Gasteiger partial charge in [0.25, 0.3) is 0 Å². The summed E-state index contributed by atoms with van der Waals surface area (Å²) < 4.78 is 4.39. The monoisotopic (exact) mass is 352 g/mol. The van der Waals surface area contributed by atoms with Gasteiger partial charge in [0.15, 0.2) is 17.3 Å². The van der Waals surface area contributed by atoms with Crippen LogP contribution in [0.25, 0.3) is 6.08 Å². The molecule has 1 aliphatic carbocycles. The van der Waals surface area contributed by atoms with E-state index in [1.54, 1.807) is 0 Å². The van der Waals surface area contributed by atoms with Crippen molar-refractivity contribution in [3.63, 3.8) is 0 Å². The van der Waals surface area contributed by atoms with Crippen LogP contribution in [0.5, 0.6) is 11.5 Å². The van der Waals surface area contributed by atoms with Crippen molar-refractivity contribution in [3.8, 4) is 11.5 Å². The number of esters is 1. The van der Waals surface area contributed by atoms with Gasteiger partial charge >= 0.3 is 5.97 Å². The maximum atomic E-state index is 12.1. The van der Waals surface area contributed by atoms with Gasteiger partial charge in [-0.2, -0.15) is 0 Å². The van der Waals surface area contributed by atoms with Gasteiger partial charge in [0.2, 0.25) is 0 Å². The van der Waals surface area contributed by atoms with E-state index < -0.39 is 41.9 Å². The molecule has 8 nitrogen and oxygen atoms in total. The van der Waals surface area contributed by atoms with E-state index in [0.29, 0.717) is 5.56 Å². The molecule has 0 aliphatic heterocycles. The zero-order valence-electron chi connectivity index (χ0n) is 13.5. The number of hydrogen-bond donors (Lipinski definition) is 5. The Hall–Kier alpha value is -2.42. The number of rotatable bonds is 6. The first-order chi connectivity index (χ1) is 11.7. The molecular formula is C17H20O8. The number of aromatic hydroxyl groups is 2. The van der Waals surface area contributed by atoms with Gasteiger partial charge in [-0.25, -0.2) is 0 Å². The van der Waals surface area contributed by atoms with Crippen molar-refractivity contribution >= 4 is 17.8 Å². The number of carbonyl (C=O) groups excluding carboxylic acids is 2. The quantitative estimate of drug-likeness (QED) is 0.267. The molecule has 25 heavy (non-hydrogen) atoms. The Bertz CT molecular complexity index is 698. The summed E-state index contributed by atoms with van der Waals surface area (Å²) in [5.74, 6) is -2.76. The number of phenols is 2. The fraction of sp³-hybridized carbons (Fsp3) is 0.412. The molecule has 2 rings (SSSR count). The molecule has 0 saturated heterocycles. The minimum absolute atomic E-state index is 0.198. The normalized spacial score (nSPS) is 26.9. The molecule has 0 bridgehead atoms. The van der Waals surface area contributed by atoms with Gasteiger partial charge in [0, 0.05) is 0 Å². The second-order valence-electron chi connectivity index (χ2n) is 6.03. The number of aliphatic hydroxyl groups excluding tert-OH is 2. The lowest BCUT2D eigenvalue weighted by molar-refractivity contribution is -0.230. The number of benzene rings is 1. The van der Waals surface area contributed by atoms with Crippen LogP contribution >= 0.6 is 0 Å². The average molecular weight is 352 g/mol. The van der Waals surface area contributed by atoms with Gasteiger partial charge in [-0.1, -0.05) is 12.1 Å². The Kier molecular flexibility index (Phi) is 5.46. The third-order valence-corrected chi connectivity index (χ3v) is 4.41. The number of ether oxygens (including phenoxy) is 1. The van der Waals surface area contributed by atoms with Crippen LogP contribution < -0.4 is 0 Å². The summed E-state index contributed by atoms with van der Waals surface area (Å²) in [6, 6.07) is 4.00. The molecule has 0 amide bonds. The molecule has 0 heterocycles. The largest absolute Gasteiger partial charge is 0.504 e. The average Bonchev–Trinajstić information content (AvgIpc) is 2.59. The van der Waals surface area contributed by atoms with Crippen LogP contribution in [0.4, 0.5) is 0 Å². The molecule has 4 atom stereocenters. The van der Waals surface area contributed by atoms with Crippen LogP contribution in [-0.4, -0.2) is 62.2 Å². The second kappa shape index (κ2) is 7.22. The molecule has 0 radical (unpaired) electrons. The summed E-state index contributed by atoms with van der Waals surface area (Å²) in [6.07, 6.45) is -1.19. The van der Waals surface area contributed by atoms with E-state index in [9.17, 15) is 35.1 Å². The van der Waals surface area contributed by atoms with Crippen LogP contribution in [0.3, 0.4) is 0 Å². The van der Waals surface area contributed by atoms with E-state index in [1.807, 2.05) is 0 Å². The highest BCUT2D eigenvalue weighted by atomic mass is 16.5. The summed E-state index contributed by atoms with van der Waals surface area (Å²) in [4.78, 5) is 23.3. The minimum atomic E-state index is -1.95. The van der Waals surface area contributed by atoms with Crippen LogP contribution in [0.15, 0.2) is 24.3 Å². The molecule has 1 saturated carbocycles. The first-order valence-electron chi connectivity index (χ1n) is 7.58. The van der Waals surface area contributed by atoms with Gasteiger partial charge in [-0.05, 0) is 30.2 Å². The maximum absolute atomic E-state index is 12.1. The lowest BCUT2D eigenvalue weighted by Crippen LogP contribution is -2.66. The predicted octanol–water partition coefficient (Wildman–Crippen LogP) is -0.284. The number of aliphatic hydroxyl groups is 3. The summed E-state index contributed by atoms with van der Waals surface area (Å²) in [6.45, 7) is 0. The van der Waals surface area contributed by atoms with E-state index in [2.05, 4.69) is 4.74 Å². The number of methoxy groups -OCH3 is 1. The van der Waals surface area contributed by atoms with Crippen molar-refractivity contribution in [2.45, 2.75) is 30.7 Å². The van der Waals surface area contributed by atoms with Gasteiger partial charge in [-0.3, -0.25) is 9.59 Å². The van der Waals surface area contributed by atoms with Gasteiger partial charge in [-0.15, -0.1) is 0 Å². The lowest BCUT2D eigenvalue weighted by Gasteiger charge is -2.49. The predicted molar refractivity (Wildman–Crippen MR) is 85.5 cm³/mol. The van der Waals surface area contributed by atoms with Crippen LogP contribution in [-0.2, 0) is 14.3 Å². The van der Waals surface area contributed by atoms with Crippen molar-refractivity contribution in [2.75, 3.05) is 7.11 Å². The molecule has 1 aromatic carbocycles. The summed E-state index contributed by atoms with van der Waals surface area (Å²) in [5, 5.41) is 48.7. The fourth-order valence-electron chi connectivity index (χ4n) is 2.73. The smallest absolute Gasteiger partial charge is 0.308 e. The third-order valence-electron chi connectivity index (χ3n) is 4.41. The van der Waals surface area contributed by atoms with Crippen LogP contribution in [0, 0.1) is 5.92 Å². The van der Waals surface area contributed by atoms with Gasteiger partial charge in [0.05, 0.1) is 31.7 Å². The molecular weight excluding hydrogens is 332 g/mol. The Labute approximate surface area is 143 Å². The Morgan fingerprint density at radius 3 is 2.60 bits per heavy atom. The summed E-state index contributed by atoms with van der Waals surface area (Å²) >= 11 is 0.